The second-order valence-corrected chi connectivity index (χ2v) is 32.2. The number of hydrogen-bond donors (Lipinski definition) is 20. The summed E-state index contributed by atoms with van der Waals surface area (Å²) in [7, 11) is 1.82. The molecule has 2 aliphatic heterocycles. The molecule has 2 bridgehead atoms. The van der Waals surface area contributed by atoms with Crippen LogP contribution in [0.5, 0.6) is 0 Å². The number of thioether (sulfide) groups is 1. The Balaban J connectivity index is 1.88. The molecule has 2 heterocycles. The third-order valence-corrected chi connectivity index (χ3v) is 21.9. The Bertz CT molecular complexity index is 3400. The van der Waals surface area contributed by atoms with Crippen LogP contribution in [0, 0.1) is 5.92 Å². The van der Waals surface area contributed by atoms with Crippen molar-refractivity contribution in [1.82, 2.24) is 74.4 Å². The number of nitrogens with zero attached hydrogens (tertiary/aromatic N) is 3. The highest BCUT2D eigenvalue weighted by molar-refractivity contribution is 8.76. The molecule has 0 spiro atoms. The summed E-state index contributed by atoms with van der Waals surface area (Å²) in [6.07, 6.45) is 2.40. The van der Waals surface area contributed by atoms with Crippen molar-refractivity contribution in [2.75, 3.05) is 128 Å². The maximum absolute atomic E-state index is 14.8. The van der Waals surface area contributed by atoms with Gasteiger partial charge in [-0.1, -0.05) is 75.1 Å². The number of primary amides is 1. The number of oxime groups is 2. The Kier molecular flexibility index (Phi) is 50.4. The zero-order valence-electron chi connectivity index (χ0n) is 67.5. The van der Waals surface area contributed by atoms with Gasteiger partial charge in [0.15, 0.2) is 5.96 Å². The van der Waals surface area contributed by atoms with Crippen LogP contribution in [0.3, 0.4) is 0 Å². The van der Waals surface area contributed by atoms with Gasteiger partial charge in [-0.05, 0) is 117 Å². The molecule has 44 heteroatoms. The third-order valence-electron chi connectivity index (χ3n) is 18.4. The van der Waals surface area contributed by atoms with Crippen LogP contribution in [0.1, 0.15) is 131 Å². The molecule has 117 heavy (non-hydrogen) atoms. The molecular weight excluding hydrogens is 1590 g/mol. The van der Waals surface area contributed by atoms with Gasteiger partial charge in [-0.15, -0.1) is 11.8 Å². The maximum atomic E-state index is 14.8. The first-order valence-corrected chi connectivity index (χ1v) is 42.4. The number of aliphatic carboxylic acids is 1. The monoisotopic (exact) mass is 1710 g/mol. The van der Waals surface area contributed by atoms with Gasteiger partial charge in [0.05, 0.1) is 80.9 Å². The first-order chi connectivity index (χ1) is 55.7. The molecule has 3 rings (SSSR count). The van der Waals surface area contributed by atoms with E-state index in [4.69, 9.17) is 36.1 Å². The van der Waals surface area contributed by atoms with Crippen molar-refractivity contribution >= 4 is 133 Å². The van der Waals surface area contributed by atoms with Crippen molar-refractivity contribution in [2.24, 2.45) is 38.4 Å². The summed E-state index contributed by atoms with van der Waals surface area (Å²) in [5.41, 5.74) is 16.6. The summed E-state index contributed by atoms with van der Waals surface area (Å²) in [4.78, 5) is 194. The zero-order valence-corrected chi connectivity index (χ0v) is 70.0. The van der Waals surface area contributed by atoms with Gasteiger partial charge in [0, 0.05) is 69.2 Å². The molecule has 41 nitrogen and oxygen atoms in total. The number of aliphatic imine (C=N–C) groups is 1. The van der Waals surface area contributed by atoms with Crippen molar-refractivity contribution < 1.29 is 102 Å². The van der Waals surface area contributed by atoms with E-state index in [0.717, 1.165) is 46.2 Å². The maximum Gasteiger partial charge on any atom is 0.305 e. The van der Waals surface area contributed by atoms with E-state index in [-0.39, 0.29) is 165 Å². The van der Waals surface area contributed by atoms with Crippen molar-refractivity contribution in [2.45, 2.75) is 185 Å². The standard InChI is InChI=1S/C73H122N20O21S3/c1-46(92-109)72(3,4)83-27-22-48(23-28-84-73(5,6)47(2)93-110)21-26-78-59(96)20-13-19-58(95)77-24-12-8-11-17-51-66(104)90-55-43-116-117-44-56(91-68(106)53(38-63(100)101)86-60(97)39-82-64(102)50(87-69(55)107)18-14-25-81-71(75)76)70(108)88-52(37-49-15-9-7-10-16-49)67(105)89-54(42-115-45-62(99)85-51)65(103)80-30-32-112-34-36-113-35-33-111-31-29-79-61(98)41-114-40-57(74)94/h7,9-10,15-16,48,50-56,83-84,109-110H,8,11-14,17-45H2,1-6H3,(H2,74,94)(H,77,95)(H,78,96)(H,79,98)(H,80,103)(H,82,102)(H,85,99)(H,86,97)(H,87,107)(H,88,108)(H,89,105)(H,90,104)(H,91,106)(H,100,101)(H4,75,76,81). The van der Waals surface area contributed by atoms with Crippen molar-refractivity contribution in [1.29, 1.82) is 0 Å². The van der Waals surface area contributed by atoms with Gasteiger partial charge in [0.25, 0.3) is 0 Å². The summed E-state index contributed by atoms with van der Waals surface area (Å²) in [5, 5.41) is 73.9. The molecule has 13 amide bonds. The third kappa shape index (κ3) is 45.4. The first kappa shape index (κ1) is 102. The van der Waals surface area contributed by atoms with E-state index in [0.29, 0.717) is 55.9 Å². The molecule has 658 valence electrons. The van der Waals surface area contributed by atoms with Gasteiger partial charge in [-0.3, -0.25) is 72.1 Å². The Morgan fingerprint density at radius 1 is 0.530 bits per heavy atom. The number of carboxylic acids is 1. The number of ether oxygens (including phenoxy) is 4. The lowest BCUT2D eigenvalue weighted by Crippen LogP contribution is -2.60. The molecule has 2 saturated heterocycles. The second kappa shape index (κ2) is 57.8. The normalized spacial score (nSPS) is 19.8. The van der Waals surface area contributed by atoms with E-state index in [9.17, 15) is 82.6 Å². The van der Waals surface area contributed by atoms with Gasteiger partial charge in [-0.2, -0.15) is 0 Å². The highest BCUT2D eigenvalue weighted by atomic mass is 33.1. The molecule has 0 aromatic heterocycles. The lowest BCUT2D eigenvalue weighted by atomic mass is 9.94. The number of unbranched alkanes of at least 4 members (excludes halogenated alkanes) is 2. The molecule has 1 aromatic carbocycles. The van der Waals surface area contributed by atoms with E-state index < -0.39 is 150 Å². The van der Waals surface area contributed by atoms with Crippen LogP contribution in [0.2, 0.25) is 0 Å². The number of rotatable bonds is 48. The van der Waals surface area contributed by atoms with E-state index in [1.807, 2.05) is 27.7 Å². The van der Waals surface area contributed by atoms with E-state index in [1.54, 1.807) is 44.2 Å². The minimum Gasteiger partial charge on any atom is -0.481 e. The highest BCUT2D eigenvalue weighted by Crippen LogP contribution is 2.25. The topological polar surface area (TPSA) is 620 Å². The van der Waals surface area contributed by atoms with Crippen molar-refractivity contribution in [3.63, 3.8) is 0 Å². The Morgan fingerprint density at radius 2 is 1.04 bits per heavy atom. The van der Waals surface area contributed by atoms with Gasteiger partial charge < -0.3 is 126 Å². The summed E-state index contributed by atoms with van der Waals surface area (Å²) in [6.45, 7) is 12.1. The van der Waals surface area contributed by atoms with Crippen LogP contribution in [0.15, 0.2) is 45.6 Å². The van der Waals surface area contributed by atoms with Crippen LogP contribution in [0.25, 0.3) is 0 Å². The average molecular weight is 1710 g/mol. The van der Waals surface area contributed by atoms with Crippen LogP contribution in [-0.2, 0) is 92.5 Å². The second-order valence-electron chi connectivity index (χ2n) is 28.6. The summed E-state index contributed by atoms with van der Waals surface area (Å²) in [6, 6.07) is -2.27. The molecule has 23 N–H and O–H groups in total. The number of amides is 13. The SMILES string of the molecule is CC(=NO)C(C)(C)NCCC(CCNC(=O)CCCC(=O)NCCCCCC1NC(=O)CSCC(C(=O)NCCOCCOCCOCCNC(=O)COCC(N)=O)NC(=O)C(Cc2ccccc2)NC(=O)C2CSSCC(NC1=O)C(=O)NC(CCCN=C(N)N)C(=O)NCC(=O)NC(CC(=O)O)C(=O)N2)CCNC(C)(C)C(C)=NO. The van der Waals surface area contributed by atoms with E-state index >= 15 is 0 Å². The number of nitrogens with one attached hydrogen (secondary N) is 14. The van der Waals surface area contributed by atoms with Gasteiger partial charge in [-0.25, -0.2) is 0 Å². The molecular formula is C73H122N20O21S3. The number of carboxylic acid groups (broad SMARTS) is 1. The molecule has 7 unspecified atom stereocenters. The number of benzene rings is 1. The largest absolute Gasteiger partial charge is 0.481 e. The molecule has 0 saturated carbocycles. The number of fused-ring (bicyclic) bond motifs is 5. The number of guanidine groups is 1. The molecule has 2 fully saturated rings. The number of hydrogen-bond acceptors (Lipinski definition) is 28. The Labute approximate surface area is 693 Å². The molecule has 1 aromatic rings. The van der Waals surface area contributed by atoms with Crippen LogP contribution >= 0.6 is 33.3 Å². The fraction of sp³-hybridized carbons (Fsp3) is 0.685. The van der Waals surface area contributed by atoms with E-state index in [1.165, 1.54) is 0 Å². The van der Waals surface area contributed by atoms with Crippen molar-refractivity contribution in [3.8, 4) is 0 Å². The van der Waals surface area contributed by atoms with Gasteiger partial charge in [0.1, 0.15) is 55.5 Å². The lowest BCUT2D eigenvalue weighted by molar-refractivity contribution is -0.141. The van der Waals surface area contributed by atoms with Crippen LogP contribution in [0.4, 0.5) is 0 Å². The lowest BCUT2D eigenvalue weighted by Gasteiger charge is -2.28. The number of nitrogens with two attached hydrogens (primary N) is 3. The van der Waals surface area contributed by atoms with Crippen LogP contribution in [-0.4, -0.2) is 297 Å². The summed E-state index contributed by atoms with van der Waals surface area (Å²) in [5.74, 6) is -12.9. The minimum atomic E-state index is -1.84. The summed E-state index contributed by atoms with van der Waals surface area (Å²) >= 11 is 0.894. The molecule has 2 aliphatic rings. The number of carbonyl (C=O) groups excluding carboxylic acids is 13. The van der Waals surface area contributed by atoms with Crippen LogP contribution < -0.4 is 91.6 Å². The molecule has 0 aliphatic carbocycles. The highest BCUT2D eigenvalue weighted by Gasteiger charge is 2.36. The zero-order chi connectivity index (χ0) is 86.6. The minimum absolute atomic E-state index is 0.00757. The predicted octanol–water partition coefficient (Wildman–Crippen LogP) is -3.62. The Hall–Kier alpha value is -9.18. The molecule has 0 radical (unpaired) electrons. The number of carbonyl (C=O) groups is 14. The average Bonchev–Trinajstić information content (AvgIpc) is 1.75. The first-order valence-electron chi connectivity index (χ1n) is 38.8. The van der Waals surface area contributed by atoms with Gasteiger partial charge >= 0.3 is 5.97 Å². The summed E-state index contributed by atoms with van der Waals surface area (Å²) < 4.78 is 21.5. The Morgan fingerprint density at radius 3 is 1.62 bits per heavy atom. The molecule has 7 atom stereocenters. The van der Waals surface area contributed by atoms with E-state index in [2.05, 4.69) is 89.7 Å². The smallest absolute Gasteiger partial charge is 0.305 e. The van der Waals surface area contributed by atoms with Crippen molar-refractivity contribution in [3.05, 3.63) is 35.9 Å². The predicted molar refractivity (Wildman–Crippen MR) is 439 cm³/mol. The fourth-order valence-corrected chi connectivity index (χ4v) is 14.3. The van der Waals surface area contributed by atoms with Gasteiger partial charge in [0.2, 0.25) is 76.8 Å². The fourth-order valence-electron chi connectivity index (χ4n) is 11.1. The quantitative estimate of drug-likeness (QED) is 0.00748.